The number of hydrogen-bond acceptors (Lipinski definition) is 5. The number of nitrogens with one attached hydrogen (secondary N) is 2. The Kier molecular flexibility index (Phi) is 4.10. The zero-order valence-electron chi connectivity index (χ0n) is 19.4. The first-order valence-corrected chi connectivity index (χ1v) is 11.5. The molecular weight excluding hydrogens is 410 g/mol. The Morgan fingerprint density at radius 1 is 1.09 bits per heavy atom. The lowest BCUT2D eigenvalue weighted by molar-refractivity contribution is -0.125. The summed E-state index contributed by atoms with van der Waals surface area (Å²) in [5.41, 5.74) is 6.28. The molecule has 2 aliphatic heterocycles. The Labute approximate surface area is 194 Å². The van der Waals surface area contributed by atoms with Gasteiger partial charge in [-0.1, -0.05) is 24.8 Å². The third-order valence-corrected chi connectivity index (χ3v) is 7.42. The van der Waals surface area contributed by atoms with E-state index in [4.69, 9.17) is 4.98 Å². The van der Waals surface area contributed by atoms with E-state index in [-0.39, 0.29) is 11.4 Å². The average molecular weight is 440 g/mol. The van der Waals surface area contributed by atoms with Gasteiger partial charge in [-0.25, -0.2) is 0 Å². The zero-order chi connectivity index (χ0) is 23.0. The van der Waals surface area contributed by atoms with Gasteiger partial charge in [-0.05, 0) is 55.3 Å². The van der Waals surface area contributed by atoms with Crippen molar-refractivity contribution < 1.29 is 4.79 Å². The molecule has 1 spiro atoms. The lowest BCUT2D eigenvalue weighted by atomic mass is 9.94. The van der Waals surface area contributed by atoms with Crippen LogP contribution < -0.4 is 15.5 Å². The van der Waals surface area contributed by atoms with Gasteiger partial charge in [0.2, 0.25) is 0 Å². The normalized spacial score (nSPS) is 23.0. The zero-order valence-corrected chi connectivity index (χ0v) is 19.4. The summed E-state index contributed by atoms with van der Waals surface area (Å²) < 4.78 is 0. The molecule has 1 amide bonds. The summed E-state index contributed by atoms with van der Waals surface area (Å²) in [6, 6.07) is 17.2. The van der Waals surface area contributed by atoms with Gasteiger partial charge in [-0.2, -0.15) is 0 Å². The molecule has 1 aliphatic carbocycles. The SMILES string of the molecule is C=C1NC(=O)[C@]2(Cc3cc4ccc(CN5CC(C)(C)Nc6ccccc65)nc4cc3C2)N1C. The number of aromatic nitrogens is 1. The van der Waals surface area contributed by atoms with Crippen molar-refractivity contribution >= 4 is 28.2 Å². The summed E-state index contributed by atoms with van der Waals surface area (Å²) in [5.74, 6) is 0.723. The van der Waals surface area contributed by atoms with E-state index in [9.17, 15) is 4.79 Å². The first kappa shape index (κ1) is 20.1. The molecule has 3 aromatic rings. The van der Waals surface area contributed by atoms with Crippen LogP contribution in [0, 0.1) is 0 Å². The van der Waals surface area contributed by atoms with Crippen molar-refractivity contribution in [3.8, 4) is 0 Å². The number of nitrogens with zero attached hydrogens (tertiary/aromatic N) is 3. The van der Waals surface area contributed by atoms with Crippen molar-refractivity contribution in [2.24, 2.45) is 0 Å². The number of pyridine rings is 1. The van der Waals surface area contributed by atoms with Crippen molar-refractivity contribution in [3.63, 3.8) is 0 Å². The van der Waals surface area contributed by atoms with Crippen LogP contribution in [0.25, 0.3) is 10.9 Å². The molecule has 2 aromatic carbocycles. The molecule has 168 valence electrons. The number of likely N-dealkylation sites (N-methyl/N-ethyl adjacent to an activating group) is 1. The monoisotopic (exact) mass is 439 g/mol. The fraction of sp³-hybridized carbons (Fsp3) is 0.333. The summed E-state index contributed by atoms with van der Waals surface area (Å²) in [6.45, 7) is 10.1. The molecule has 0 bridgehead atoms. The highest BCUT2D eigenvalue weighted by atomic mass is 16.2. The minimum absolute atomic E-state index is 0.0156. The van der Waals surface area contributed by atoms with Crippen molar-refractivity contribution in [1.82, 2.24) is 15.2 Å². The van der Waals surface area contributed by atoms with Gasteiger partial charge in [0, 0.05) is 37.4 Å². The Hall–Kier alpha value is -3.54. The molecule has 0 radical (unpaired) electrons. The maximum absolute atomic E-state index is 12.8. The Balaban J connectivity index is 1.33. The van der Waals surface area contributed by atoms with E-state index in [2.05, 4.69) is 84.5 Å². The van der Waals surface area contributed by atoms with E-state index in [1.807, 2.05) is 11.9 Å². The molecule has 0 saturated carbocycles. The van der Waals surface area contributed by atoms with Crippen LogP contribution >= 0.6 is 0 Å². The van der Waals surface area contributed by atoms with Crippen LogP contribution in [0.3, 0.4) is 0 Å². The minimum Gasteiger partial charge on any atom is -0.377 e. The fourth-order valence-corrected chi connectivity index (χ4v) is 5.71. The third kappa shape index (κ3) is 3.08. The Bertz CT molecular complexity index is 1330. The standard InChI is InChI=1S/C27H29N5O/c1-17-28-25(33)27(31(17)4)13-19-11-18-9-10-21(29-23(18)12-20(19)14-27)15-32-16-26(2,3)30-22-7-5-6-8-24(22)32/h5-12,30H,1,13-16H2,2-4H3,(H,28,33)/t27-/m1/s1. The molecule has 1 atom stereocenters. The van der Waals surface area contributed by atoms with E-state index in [1.165, 1.54) is 22.5 Å². The lowest BCUT2D eigenvalue weighted by Crippen LogP contribution is -2.48. The second-order valence-electron chi connectivity index (χ2n) is 10.3. The number of amides is 1. The first-order chi connectivity index (χ1) is 15.7. The van der Waals surface area contributed by atoms with Crippen LogP contribution in [0.1, 0.15) is 30.7 Å². The number of para-hydroxylation sites is 2. The van der Waals surface area contributed by atoms with E-state index in [0.29, 0.717) is 18.7 Å². The number of carbonyl (C=O) groups excluding carboxylic acids is 1. The molecule has 0 unspecified atom stereocenters. The molecular formula is C27H29N5O. The number of fused-ring (bicyclic) bond motifs is 3. The second kappa shape index (κ2) is 6.73. The molecule has 6 rings (SSSR count). The Morgan fingerprint density at radius 3 is 2.61 bits per heavy atom. The molecule has 3 heterocycles. The number of rotatable bonds is 2. The molecule has 1 fully saturated rings. The number of carbonyl (C=O) groups is 1. The van der Waals surface area contributed by atoms with Gasteiger partial charge >= 0.3 is 0 Å². The van der Waals surface area contributed by atoms with E-state index in [0.717, 1.165) is 29.7 Å². The highest BCUT2D eigenvalue weighted by Gasteiger charge is 2.52. The van der Waals surface area contributed by atoms with Crippen LogP contribution in [-0.4, -0.2) is 40.5 Å². The molecule has 2 N–H and O–H groups in total. The van der Waals surface area contributed by atoms with Gasteiger partial charge in [0.15, 0.2) is 0 Å². The van der Waals surface area contributed by atoms with Crippen LogP contribution in [0.15, 0.2) is 60.9 Å². The topological polar surface area (TPSA) is 60.5 Å². The average Bonchev–Trinajstić information content (AvgIpc) is 3.24. The van der Waals surface area contributed by atoms with Crippen LogP contribution in [-0.2, 0) is 24.2 Å². The van der Waals surface area contributed by atoms with Gasteiger partial charge < -0.3 is 20.4 Å². The van der Waals surface area contributed by atoms with Gasteiger partial charge in [0.1, 0.15) is 11.4 Å². The molecule has 6 nitrogen and oxygen atoms in total. The van der Waals surface area contributed by atoms with Crippen LogP contribution in [0.5, 0.6) is 0 Å². The minimum atomic E-state index is -0.560. The lowest BCUT2D eigenvalue weighted by Gasteiger charge is -2.42. The smallest absolute Gasteiger partial charge is 0.252 e. The van der Waals surface area contributed by atoms with Crippen molar-refractivity contribution in [1.29, 1.82) is 0 Å². The summed E-state index contributed by atoms with van der Waals surface area (Å²) in [6.07, 6.45) is 1.39. The number of hydrogen-bond donors (Lipinski definition) is 2. The highest BCUT2D eigenvalue weighted by molar-refractivity contribution is 5.93. The predicted octanol–water partition coefficient (Wildman–Crippen LogP) is 3.82. The fourth-order valence-electron chi connectivity index (χ4n) is 5.71. The van der Waals surface area contributed by atoms with Gasteiger partial charge in [0.05, 0.1) is 29.1 Å². The largest absolute Gasteiger partial charge is 0.377 e. The van der Waals surface area contributed by atoms with Crippen molar-refractivity contribution in [3.05, 3.63) is 77.8 Å². The quantitative estimate of drug-likeness (QED) is 0.636. The summed E-state index contributed by atoms with van der Waals surface area (Å²) in [7, 11) is 1.95. The predicted molar refractivity (Wildman–Crippen MR) is 132 cm³/mol. The van der Waals surface area contributed by atoms with Crippen molar-refractivity contribution in [2.45, 2.75) is 44.3 Å². The number of benzene rings is 2. The molecule has 1 saturated heterocycles. The maximum Gasteiger partial charge on any atom is 0.252 e. The second-order valence-corrected chi connectivity index (χ2v) is 10.3. The third-order valence-electron chi connectivity index (χ3n) is 7.42. The summed E-state index contributed by atoms with van der Waals surface area (Å²) in [5, 5.41) is 7.67. The Morgan fingerprint density at radius 2 is 1.85 bits per heavy atom. The van der Waals surface area contributed by atoms with Crippen LogP contribution in [0.4, 0.5) is 11.4 Å². The summed E-state index contributed by atoms with van der Waals surface area (Å²) >= 11 is 0. The van der Waals surface area contributed by atoms with Gasteiger partial charge in [0.25, 0.3) is 5.91 Å². The van der Waals surface area contributed by atoms with Gasteiger partial charge in [-0.3, -0.25) is 9.78 Å². The van der Waals surface area contributed by atoms with Crippen molar-refractivity contribution in [2.75, 3.05) is 23.8 Å². The molecule has 33 heavy (non-hydrogen) atoms. The van der Waals surface area contributed by atoms with E-state index in [1.54, 1.807) is 0 Å². The molecule has 1 aromatic heterocycles. The number of anilines is 2. The van der Waals surface area contributed by atoms with E-state index >= 15 is 0 Å². The highest BCUT2D eigenvalue weighted by Crippen LogP contribution is 2.40. The molecule has 3 aliphatic rings. The summed E-state index contributed by atoms with van der Waals surface area (Å²) in [4.78, 5) is 22.2. The molecule has 6 heteroatoms. The van der Waals surface area contributed by atoms with Crippen LogP contribution in [0.2, 0.25) is 0 Å². The van der Waals surface area contributed by atoms with E-state index < -0.39 is 5.54 Å². The maximum atomic E-state index is 12.8. The van der Waals surface area contributed by atoms with Gasteiger partial charge in [-0.15, -0.1) is 0 Å². The first-order valence-electron chi connectivity index (χ1n) is 11.5.